The van der Waals surface area contributed by atoms with E-state index in [1.165, 1.54) is 10.6 Å². The zero-order chi connectivity index (χ0) is 23.5. The molecule has 8 heteroatoms. The van der Waals surface area contributed by atoms with Crippen LogP contribution in [0.15, 0.2) is 54.7 Å². The van der Waals surface area contributed by atoms with Crippen molar-refractivity contribution in [2.75, 3.05) is 0 Å². The Balaban J connectivity index is 1.81. The highest BCUT2D eigenvalue weighted by Crippen LogP contribution is 2.28. The molecule has 0 aliphatic carbocycles. The molecular formula is C25H25N3O5. The van der Waals surface area contributed by atoms with Gasteiger partial charge in [-0.05, 0) is 42.3 Å². The maximum absolute atomic E-state index is 12.0. The van der Waals surface area contributed by atoms with Crippen molar-refractivity contribution in [3.8, 4) is 5.69 Å². The fourth-order valence-electron chi connectivity index (χ4n) is 4.12. The minimum absolute atomic E-state index is 0.0156. The first-order chi connectivity index (χ1) is 15.9. The van der Waals surface area contributed by atoms with E-state index in [2.05, 4.69) is 11.9 Å². The van der Waals surface area contributed by atoms with E-state index in [9.17, 15) is 24.9 Å². The van der Waals surface area contributed by atoms with Crippen LogP contribution in [0.1, 0.15) is 57.7 Å². The number of nitrogens with zero attached hydrogens (tertiary/aromatic N) is 3. The normalized spacial score (nSPS) is 11.2. The van der Waals surface area contributed by atoms with Gasteiger partial charge in [-0.25, -0.2) is 14.6 Å². The number of aromatic nitrogens is 3. The average Bonchev–Trinajstić information content (AvgIpc) is 3.38. The van der Waals surface area contributed by atoms with Crippen LogP contribution in [-0.2, 0) is 19.6 Å². The van der Waals surface area contributed by atoms with E-state index >= 15 is 0 Å². The van der Waals surface area contributed by atoms with Crippen molar-refractivity contribution in [1.82, 2.24) is 14.1 Å². The summed E-state index contributed by atoms with van der Waals surface area (Å²) in [6.07, 6.45) is 4.53. The van der Waals surface area contributed by atoms with Gasteiger partial charge in [0.25, 0.3) is 0 Å². The van der Waals surface area contributed by atoms with Crippen LogP contribution in [-0.4, -0.2) is 41.4 Å². The molecule has 2 aromatic carbocycles. The second-order valence-electron chi connectivity index (χ2n) is 7.90. The monoisotopic (exact) mass is 447 g/mol. The maximum atomic E-state index is 12.0. The van der Waals surface area contributed by atoms with Crippen molar-refractivity contribution >= 4 is 22.8 Å². The van der Waals surface area contributed by atoms with E-state index in [0.717, 1.165) is 36.3 Å². The number of imidazole rings is 1. The molecule has 2 heterocycles. The summed E-state index contributed by atoms with van der Waals surface area (Å²) in [6.45, 7) is 2.48. The number of hydrogen-bond acceptors (Lipinski definition) is 4. The average molecular weight is 447 g/mol. The van der Waals surface area contributed by atoms with Crippen molar-refractivity contribution in [2.45, 2.75) is 39.3 Å². The molecule has 0 amide bonds. The number of aryl methyl sites for hydroxylation is 1. The van der Waals surface area contributed by atoms with E-state index < -0.39 is 11.9 Å². The zero-order valence-electron chi connectivity index (χ0n) is 18.2. The number of aliphatic hydroxyl groups is 1. The largest absolute Gasteiger partial charge is 0.478 e. The van der Waals surface area contributed by atoms with Gasteiger partial charge in [-0.15, -0.1) is 0 Å². The molecular weight excluding hydrogens is 422 g/mol. The van der Waals surface area contributed by atoms with Crippen molar-refractivity contribution in [1.29, 1.82) is 0 Å². The van der Waals surface area contributed by atoms with Crippen LogP contribution >= 0.6 is 0 Å². The first-order valence-electron chi connectivity index (χ1n) is 10.8. The molecule has 2 aromatic heterocycles. The summed E-state index contributed by atoms with van der Waals surface area (Å²) in [6, 6.07) is 13.5. The van der Waals surface area contributed by atoms with Crippen LogP contribution in [0.4, 0.5) is 0 Å². The van der Waals surface area contributed by atoms with Gasteiger partial charge in [0.2, 0.25) is 0 Å². The maximum Gasteiger partial charge on any atom is 0.352 e. The van der Waals surface area contributed by atoms with Gasteiger partial charge in [-0.1, -0.05) is 31.5 Å². The Kier molecular flexibility index (Phi) is 6.28. The summed E-state index contributed by atoms with van der Waals surface area (Å²) in [5.41, 5.74) is 2.55. The quantitative estimate of drug-likeness (QED) is 0.355. The molecule has 0 radical (unpaired) electrons. The van der Waals surface area contributed by atoms with Crippen molar-refractivity contribution in [3.63, 3.8) is 0 Å². The van der Waals surface area contributed by atoms with Gasteiger partial charge in [0.15, 0.2) is 0 Å². The van der Waals surface area contributed by atoms with E-state index in [1.807, 2.05) is 16.7 Å². The van der Waals surface area contributed by atoms with Crippen LogP contribution in [0.2, 0.25) is 0 Å². The summed E-state index contributed by atoms with van der Waals surface area (Å²) < 4.78 is 3.46. The highest BCUT2D eigenvalue weighted by molar-refractivity contribution is 5.99. The lowest BCUT2D eigenvalue weighted by Crippen LogP contribution is -2.11. The molecule has 33 heavy (non-hydrogen) atoms. The van der Waals surface area contributed by atoms with E-state index in [-0.39, 0.29) is 17.9 Å². The molecule has 3 N–H and O–H groups in total. The second kappa shape index (κ2) is 9.30. The van der Waals surface area contributed by atoms with Crippen LogP contribution in [0.3, 0.4) is 0 Å². The van der Waals surface area contributed by atoms with Gasteiger partial charge in [-0.3, -0.25) is 0 Å². The Labute approximate surface area is 190 Å². The van der Waals surface area contributed by atoms with Gasteiger partial charge < -0.3 is 24.5 Å². The summed E-state index contributed by atoms with van der Waals surface area (Å²) in [5, 5.41) is 29.8. The number of carbonyl (C=O) groups is 2. The first kappa shape index (κ1) is 22.3. The number of aliphatic hydroxyl groups excluding tert-OH is 1. The Bertz CT molecular complexity index is 1340. The highest BCUT2D eigenvalue weighted by Gasteiger charge is 2.20. The third-order valence-electron chi connectivity index (χ3n) is 5.74. The zero-order valence-corrected chi connectivity index (χ0v) is 18.2. The number of unbranched alkanes of at least 4 members (excludes halogenated alkanes) is 1. The number of rotatable bonds is 9. The molecule has 4 aromatic rings. The topological polar surface area (TPSA) is 118 Å². The number of para-hydroxylation sites is 1. The van der Waals surface area contributed by atoms with Crippen LogP contribution < -0.4 is 0 Å². The summed E-state index contributed by atoms with van der Waals surface area (Å²) in [4.78, 5) is 28.2. The molecule has 0 fully saturated rings. The van der Waals surface area contributed by atoms with Crippen molar-refractivity contribution in [2.24, 2.45) is 0 Å². The molecule has 0 aliphatic heterocycles. The van der Waals surface area contributed by atoms with Crippen LogP contribution in [0.5, 0.6) is 0 Å². The SMILES string of the molecule is CCCCc1ncc(CO)n1Cc1ccc2c(c1)cc(C(=O)O)n2-c1ccccc1C(=O)O. The molecule has 170 valence electrons. The molecule has 0 aliphatic rings. The van der Waals surface area contributed by atoms with E-state index in [1.54, 1.807) is 36.5 Å². The van der Waals surface area contributed by atoms with Crippen LogP contribution in [0.25, 0.3) is 16.6 Å². The Morgan fingerprint density at radius 2 is 1.82 bits per heavy atom. The summed E-state index contributed by atoms with van der Waals surface area (Å²) >= 11 is 0. The molecule has 0 spiro atoms. The lowest BCUT2D eigenvalue weighted by atomic mass is 10.1. The number of carboxylic acids is 2. The van der Waals surface area contributed by atoms with Gasteiger partial charge in [-0.2, -0.15) is 0 Å². The van der Waals surface area contributed by atoms with Crippen molar-refractivity contribution < 1.29 is 24.9 Å². The number of carboxylic acid groups (broad SMARTS) is 2. The fraction of sp³-hybridized carbons (Fsp3) is 0.240. The number of hydrogen-bond donors (Lipinski definition) is 3. The molecule has 0 saturated carbocycles. The summed E-state index contributed by atoms with van der Waals surface area (Å²) in [5.74, 6) is -1.37. The van der Waals surface area contributed by atoms with Gasteiger partial charge in [0, 0.05) is 18.4 Å². The van der Waals surface area contributed by atoms with Gasteiger partial charge in [0.1, 0.15) is 11.5 Å². The molecule has 0 saturated heterocycles. The minimum atomic E-state index is -1.15. The standard InChI is InChI=1S/C25H25N3O5/c1-2-3-8-23-26-13-18(15-29)27(23)14-16-9-10-20-17(11-16)12-22(25(32)33)28(20)21-7-5-4-6-19(21)24(30)31/h4-7,9-13,29H,2-3,8,14-15H2,1H3,(H,30,31)(H,32,33). The lowest BCUT2D eigenvalue weighted by Gasteiger charge is -2.13. The van der Waals surface area contributed by atoms with E-state index in [4.69, 9.17) is 0 Å². The second-order valence-corrected chi connectivity index (χ2v) is 7.90. The minimum Gasteiger partial charge on any atom is -0.478 e. The third kappa shape index (κ3) is 4.25. The Morgan fingerprint density at radius 1 is 1.03 bits per heavy atom. The fourth-order valence-corrected chi connectivity index (χ4v) is 4.12. The molecule has 4 rings (SSSR count). The lowest BCUT2D eigenvalue weighted by molar-refractivity contribution is 0.0676. The first-order valence-corrected chi connectivity index (χ1v) is 10.8. The molecule has 8 nitrogen and oxygen atoms in total. The number of fused-ring (bicyclic) bond motifs is 1. The van der Waals surface area contributed by atoms with Crippen molar-refractivity contribution in [3.05, 3.63) is 83.1 Å². The molecule has 0 atom stereocenters. The Hall–Kier alpha value is -3.91. The number of benzene rings is 2. The smallest absolute Gasteiger partial charge is 0.352 e. The third-order valence-corrected chi connectivity index (χ3v) is 5.74. The van der Waals surface area contributed by atoms with Crippen LogP contribution in [0, 0.1) is 0 Å². The summed E-state index contributed by atoms with van der Waals surface area (Å²) in [7, 11) is 0. The molecule has 0 unspecified atom stereocenters. The van der Waals surface area contributed by atoms with E-state index in [0.29, 0.717) is 23.1 Å². The van der Waals surface area contributed by atoms with Gasteiger partial charge in [0.05, 0.1) is 35.3 Å². The highest BCUT2D eigenvalue weighted by atomic mass is 16.4. The Morgan fingerprint density at radius 3 is 2.52 bits per heavy atom. The van der Waals surface area contributed by atoms with Gasteiger partial charge >= 0.3 is 11.9 Å². The molecule has 0 bridgehead atoms. The predicted octanol–water partition coefficient (Wildman–Crippen LogP) is 4.11. The number of aromatic carboxylic acids is 2. The predicted molar refractivity (Wildman–Crippen MR) is 123 cm³/mol.